The van der Waals surface area contributed by atoms with Gasteiger partial charge < -0.3 is 10.2 Å². The highest BCUT2D eigenvalue weighted by Crippen LogP contribution is 2.09. The molecule has 0 aromatic carbocycles. The number of guanidine groups is 1. The van der Waals surface area contributed by atoms with Crippen molar-refractivity contribution in [2.45, 2.75) is 40.2 Å². The van der Waals surface area contributed by atoms with E-state index in [1.54, 1.807) is 11.3 Å². The lowest BCUT2D eigenvalue weighted by Gasteiger charge is -2.21. The van der Waals surface area contributed by atoms with Gasteiger partial charge in [0.1, 0.15) is 0 Å². The van der Waals surface area contributed by atoms with Crippen LogP contribution in [0.3, 0.4) is 0 Å². The normalized spacial score (nSPS) is 11.4. The number of rotatable bonds is 6. The van der Waals surface area contributed by atoms with Crippen LogP contribution in [0.15, 0.2) is 10.4 Å². The fourth-order valence-electron chi connectivity index (χ4n) is 1.89. The van der Waals surface area contributed by atoms with Crippen LogP contribution in [0, 0.1) is 12.8 Å². The molecular weight excluding hydrogens is 383 g/mol. The summed E-state index contributed by atoms with van der Waals surface area (Å²) in [4.78, 5) is 10.9. The van der Waals surface area contributed by atoms with Crippen molar-refractivity contribution >= 4 is 41.3 Å². The lowest BCUT2D eigenvalue weighted by molar-refractivity contribution is 0.465. The third-order valence-electron chi connectivity index (χ3n) is 2.88. The molecule has 0 amide bonds. The van der Waals surface area contributed by atoms with Gasteiger partial charge in [-0.2, -0.15) is 0 Å². The molecule has 116 valence electrons. The smallest absolute Gasteiger partial charge is 0.193 e. The second-order valence-electron chi connectivity index (χ2n) is 5.22. The predicted octanol–water partition coefficient (Wildman–Crippen LogP) is 3.51. The van der Waals surface area contributed by atoms with Crippen molar-refractivity contribution in [3.8, 4) is 0 Å². The summed E-state index contributed by atoms with van der Waals surface area (Å²) in [5.74, 6) is 1.70. The van der Waals surface area contributed by atoms with Gasteiger partial charge in [0.2, 0.25) is 0 Å². The van der Waals surface area contributed by atoms with Crippen LogP contribution in [0.25, 0.3) is 0 Å². The van der Waals surface area contributed by atoms with Crippen molar-refractivity contribution < 1.29 is 0 Å². The second kappa shape index (κ2) is 10.4. The minimum Gasteiger partial charge on any atom is -0.356 e. The number of halogens is 1. The number of nitrogens with zero attached hydrogens (tertiary/aromatic N) is 3. The maximum atomic E-state index is 4.48. The second-order valence-corrected chi connectivity index (χ2v) is 6.29. The topological polar surface area (TPSA) is 40.5 Å². The molecule has 6 heteroatoms. The Kier molecular flexibility index (Phi) is 10.2. The summed E-state index contributed by atoms with van der Waals surface area (Å²) < 4.78 is 0. The molecule has 0 aliphatic rings. The average Bonchev–Trinajstić information content (AvgIpc) is 2.74. The molecule has 0 saturated carbocycles. The molecule has 0 unspecified atom stereocenters. The molecule has 4 nitrogen and oxygen atoms in total. The molecule has 1 aromatic rings. The first kappa shape index (κ1) is 19.6. The lowest BCUT2D eigenvalue weighted by atomic mass is 10.1. The Labute approximate surface area is 144 Å². The molecular formula is C14H27IN4S. The summed E-state index contributed by atoms with van der Waals surface area (Å²) >= 11 is 1.69. The van der Waals surface area contributed by atoms with Gasteiger partial charge in [-0.3, -0.25) is 4.99 Å². The van der Waals surface area contributed by atoms with Gasteiger partial charge in [0.25, 0.3) is 0 Å². The molecule has 0 fully saturated rings. The quantitative estimate of drug-likeness (QED) is 0.338. The number of nitrogens with one attached hydrogen (secondary N) is 1. The highest BCUT2D eigenvalue weighted by Gasteiger charge is 2.08. The molecule has 1 heterocycles. The van der Waals surface area contributed by atoms with Crippen LogP contribution in [-0.4, -0.2) is 36.5 Å². The molecule has 1 N–H and O–H groups in total. The van der Waals surface area contributed by atoms with Crippen LogP contribution >= 0.6 is 35.3 Å². The van der Waals surface area contributed by atoms with Gasteiger partial charge >= 0.3 is 0 Å². The molecule has 0 atom stereocenters. The zero-order chi connectivity index (χ0) is 14.3. The first-order valence-electron chi connectivity index (χ1n) is 6.85. The van der Waals surface area contributed by atoms with Crippen LogP contribution in [-0.2, 0) is 6.54 Å². The Morgan fingerprint density at radius 2 is 2.20 bits per heavy atom. The van der Waals surface area contributed by atoms with Crippen LogP contribution in [0.2, 0.25) is 0 Å². The van der Waals surface area contributed by atoms with E-state index in [0.29, 0.717) is 0 Å². The van der Waals surface area contributed by atoms with Crippen molar-refractivity contribution in [3.63, 3.8) is 0 Å². The number of aromatic nitrogens is 1. The molecule has 0 radical (unpaired) electrons. The summed E-state index contributed by atoms with van der Waals surface area (Å²) in [6.45, 7) is 8.32. The molecule has 0 spiro atoms. The SMILES string of the molecule is CN=C(NCCCC(C)C)N(C)Cc1csc(C)n1.I. The number of aliphatic imine (C=N–C) groups is 1. The van der Waals surface area contributed by atoms with Gasteiger partial charge in [-0.1, -0.05) is 13.8 Å². The first-order valence-corrected chi connectivity index (χ1v) is 7.73. The molecule has 1 rings (SSSR count). The highest BCUT2D eigenvalue weighted by atomic mass is 127. The molecule has 0 aliphatic carbocycles. The van der Waals surface area contributed by atoms with Gasteiger partial charge in [-0.05, 0) is 25.7 Å². The van der Waals surface area contributed by atoms with E-state index in [1.165, 1.54) is 12.8 Å². The standard InChI is InChI=1S/C14H26N4S.HI/c1-11(2)7-6-8-16-14(15-4)18(5)9-13-10-19-12(3)17-13;/h10-11H,6-9H2,1-5H3,(H,15,16);1H. The molecule has 0 aliphatic heterocycles. The minimum atomic E-state index is 0. The monoisotopic (exact) mass is 410 g/mol. The van der Waals surface area contributed by atoms with Crippen molar-refractivity contribution in [1.29, 1.82) is 0 Å². The summed E-state index contributed by atoms with van der Waals surface area (Å²) in [6.07, 6.45) is 2.43. The van der Waals surface area contributed by atoms with Gasteiger partial charge in [0.05, 0.1) is 17.2 Å². The summed E-state index contributed by atoms with van der Waals surface area (Å²) in [7, 11) is 3.88. The lowest BCUT2D eigenvalue weighted by Crippen LogP contribution is -2.39. The van der Waals surface area contributed by atoms with Gasteiger partial charge in [-0.15, -0.1) is 35.3 Å². The van der Waals surface area contributed by atoms with Crippen LogP contribution in [0.1, 0.15) is 37.4 Å². The van der Waals surface area contributed by atoms with Crippen molar-refractivity contribution in [1.82, 2.24) is 15.2 Å². The largest absolute Gasteiger partial charge is 0.356 e. The van der Waals surface area contributed by atoms with Crippen LogP contribution in [0.4, 0.5) is 0 Å². The van der Waals surface area contributed by atoms with E-state index in [-0.39, 0.29) is 24.0 Å². The Balaban J connectivity index is 0.00000361. The van der Waals surface area contributed by atoms with Crippen molar-refractivity contribution in [2.75, 3.05) is 20.6 Å². The Morgan fingerprint density at radius 3 is 2.70 bits per heavy atom. The van der Waals surface area contributed by atoms with Gasteiger partial charge in [0, 0.05) is 26.0 Å². The Hall–Kier alpha value is -0.370. The van der Waals surface area contributed by atoms with Crippen molar-refractivity contribution in [3.05, 3.63) is 16.1 Å². The molecule has 20 heavy (non-hydrogen) atoms. The average molecular weight is 410 g/mol. The van der Waals surface area contributed by atoms with Gasteiger partial charge in [0.15, 0.2) is 5.96 Å². The molecule has 0 saturated heterocycles. The first-order chi connectivity index (χ1) is 9.02. The maximum absolute atomic E-state index is 4.48. The third-order valence-corrected chi connectivity index (χ3v) is 3.70. The summed E-state index contributed by atoms with van der Waals surface area (Å²) in [5, 5.41) is 6.63. The molecule has 1 aromatic heterocycles. The van der Waals surface area contributed by atoms with Crippen LogP contribution < -0.4 is 5.32 Å². The predicted molar refractivity (Wildman–Crippen MR) is 99.2 cm³/mol. The Morgan fingerprint density at radius 1 is 1.50 bits per heavy atom. The van der Waals surface area contributed by atoms with E-state index in [0.717, 1.165) is 35.7 Å². The third kappa shape index (κ3) is 7.42. The number of hydrogen-bond donors (Lipinski definition) is 1. The zero-order valence-corrected chi connectivity index (χ0v) is 16.3. The maximum Gasteiger partial charge on any atom is 0.193 e. The highest BCUT2D eigenvalue weighted by molar-refractivity contribution is 14.0. The van der Waals surface area contributed by atoms with E-state index >= 15 is 0 Å². The minimum absolute atomic E-state index is 0. The number of hydrogen-bond acceptors (Lipinski definition) is 3. The van der Waals surface area contributed by atoms with E-state index in [4.69, 9.17) is 0 Å². The Bertz CT molecular complexity index is 404. The van der Waals surface area contributed by atoms with E-state index < -0.39 is 0 Å². The fraction of sp³-hybridized carbons (Fsp3) is 0.714. The summed E-state index contributed by atoms with van der Waals surface area (Å²) in [6, 6.07) is 0. The number of thiazole rings is 1. The van der Waals surface area contributed by atoms with E-state index in [9.17, 15) is 0 Å². The molecule has 0 bridgehead atoms. The van der Waals surface area contributed by atoms with Crippen LogP contribution in [0.5, 0.6) is 0 Å². The van der Waals surface area contributed by atoms with E-state index in [2.05, 4.69) is 39.4 Å². The summed E-state index contributed by atoms with van der Waals surface area (Å²) in [5.41, 5.74) is 1.11. The van der Waals surface area contributed by atoms with Crippen molar-refractivity contribution in [2.24, 2.45) is 10.9 Å². The number of aryl methyl sites for hydroxylation is 1. The zero-order valence-electron chi connectivity index (χ0n) is 13.1. The van der Waals surface area contributed by atoms with Gasteiger partial charge in [-0.25, -0.2) is 4.98 Å². The fourth-order valence-corrected chi connectivity index (χ4v) is 2.50. The van der Waals surface area contributed by atoms with E-state index in [1.807, 2.05) is 21.0 Å².